The van der Waals surface area contributed by atoms with Crippen LogP contribution in [0.5, 0.6) is 0 Å². The molecule has 0 N–H and O–H groups in total. The Balaban J connectivity index is 1.99. The molecule has 0 aliphatic rings. The average molecular weight is 389 g/mol. The predicted octanol–water partition coefficient (Wildman–Crippen LogP) is 6.09. The molecule has 0 radical (unpaired) electrons. The third-order valence-corrected chi connectivity index (χ3v) is 4.89. The Morgan fingerprint density at radius 1 is 0.897 bits per heavy atom. The van der Waals surface area contributed by atoms with Crippen molar-refractivity contribution in [2.75, 3.05) is 0 Å². The molecule has 0 atom stereocenters. The molecule has 146 valence electrons. The van der Waals surface area contributed by atoms with Crippen LogP contribution in [0.25, 0.3) is 10.9 Å². The van der Waals surface area contributed by atoms with Gasteiger partial charge in [-0.15, -0.1) is 0 Å². The molecule has 0 aliphatic heterocycles. The largest absolute Gasteiger partial charge is 0.257 e. The van der Waals surface area contributed by atoms with Crippen LogP contribution in [0.1, 0.15) is 22.4 Å². The van der Waals surface area contributed by atoms with E-state index in [2.05, 4.69) is 5.10 Å². The van der Waals surface area contributed by atoms with Gasteiger partial charge >= 0.3 is 0 Å². The lowest BCUT2D eigenvalue weighted by atomic mass is 10.0. The highest BCUT2D eigenvalue weighted by atomic mass is 19.3. The molecule has 3 nitrogen and oxygen atoms in total. The standard InChI is InChI=1S/C24H21F2N3/c1-16-13-14-20(24-22(16)17(2)28-29(24)15-21(25)26)27-23(18-9-5-3-6-10-18)19-11-7-4-8-12-19/h3-14,21H,15H2,1-2H3. The molecule has 0 amide bonds. The van der Waals surface area contributed by atoms with Crippen LogP contribution in [-0.4, -0.2) is 21.9 Å². The minimum Gasteiger partial charge on any atom is -0.257 e. The number of nitrogens with zero attached hydrogens (tertiary/aromatic N) is 3. The Kier molecular flexibility index (Phi) is 5.21. The zero-order valence-electron chi connectivity index (χ0n) is 16.3. The van der Waals surface area contributed by atoms with Crippen molar-refractivity contribution in [2.45, 2.75) is 26.8 Å². The van der Waals surface area contributed by atoms with Crippen LogP contribution in [0.4, 0.5) is 14.5 Å². The van der Waals surface area contributed by atoms with E-state index < -0.39 is 13.0 Å². The lowest BCUT2D eigenvalue weighted by Gasteiger charge is -2.10. The average Bonchev–Trinajstić information content (AvgIpc) is 3.05. The summed E-state index contributed by atoms with van der Waals surface area (Å²) in [6.45, 7) is 3.36. The van der Waals surface area contributed by atoms with Crippen LogP contribution in [0.3, 0.4) is 0 Å². The van der Waals surface area contributed by atoms with E-state index in [-0.39, 0.29) is 0 Å². The number of aryl methyl sites for hydroxylation is 2. The van der Waals surface area contributed by atoms with Gasteiger partial charge in [0.05, 0.1) is 22.6 Å². The quantitative estimate of drug-likeness (QED) is 0.380. The van der Waals surface area contributed by atoms with Gasteiger partial charge in [-0.1, -0.05) is 66.7 Å². The summed E-state index contributed by atoms with van der Waals surface area (Å²) in [5.41, 5.74) is 5.72. The van der Waals surface area contributed by atoms with Gasteiger partial charge in [-0.25, -0.2) is 13.8 Å². The van der Waals surface area contributed by atoms with Crippen molar-refractivity contribution in [3.8, 4) is 0 Å². The molecule has 4 rings (SSSR count). The van der Waals surface area contributed by atoms with E-state index in [1.54, 1.807) is 0 Å². The van der Waals surface area contributed by atoms with E-state index in [1.807, 2.05) is 86.6 Å². The fourth-order valence-corrected chi connectivity index (χ4v) is 3.64. The van der Waals surface area contributed by atoms with Crippen LogP contribution < -0.4 is 0 Å². The molecule has 0 fully saturated rings. The molecule has 3 aromatic carbocycles. The number of alkyl halides is 2. The molecule has 1 aromatic heterocycles. The van der Waals surface area contributed by atoms with Crippen molar-refractivity contribution in [1.29, 1.82) is 0 Å². The van der Waals surface area contributed by atoms with E-state index in [4.69, 9.17) is 4.99 Å². The topological polar surface area (TPSA) is 30.2 Å². The minimum absolute atomic E-state index is 0.456. The summed E-state index contributed by atoms with van der Waals surface area (Å²) >= 11 is 0. The maximum atomic E-state index is 13.2. The molecule has 0 spiro atoms. The zero-order valence-corrected chi connectivity index (χ0v) is 16.3. The van der Waals surface area contributed by atoms with Crippen molar-refractivity contribution in [2.24, 2.45) is 4.99 Å². The zero-order chi connectivity index (χ0) is 20.4. The molecule has 1 heterocycles. The summed E-state index contributed by atoms with van der Waals surface area (Å²) in [6, 6.07) is 23.6. The van der Waals surface area contributed by atoms with Gasteiger partial charge in [0.15, 0.2) is 0 Å². The number of hydrogen-bond donors (Lipinski definition) is 0. The fourth-order valence-electron chi connectivity index (χ4n) is 3.64. The van der Waals surface area contributed by atoms with Crippen LogP contribution >= 0.6 is 0 Å². The highest BCUT2D eigenvalue weighted by Crippen LogP contribution is 2.32. The van der Waals surface area contributed by atoms with Crippen molar-refractivity contribution < 1.29 is 8.78 Å². The first-order chi connectivity index (χ1) is 14.0. The SMILES string of the molecule is Cc1ccc(N=C(c2ccccc2)c2ccccc2)c2c1c(C)nn2CC(F)F. The summed E-state index contributed by atoms with van der Waals surface area (Å²) in [6.07, 6.45) is -2.49. The summed E-state index contributed by atoms with van der Waals surface area (Å²) < 4.78 is 27.8. The summed E-state index contributed by atoms with van der Waals surface area (Å²) in [7, 11) is 0. The molecule has 0 saturated carbocycles. The Bertz CT molecular complexity index is 1120. The van der Waals surface area contributed by atoms with E-state index in [1.165, 1.54) is 4.68 Å². The minimum atomic E-state index is -2.49. The second-order valence-corrected chi connectivity index (χ2v) is 6.98. The third kappa shape index (κ3) is 3.81. The van der Waals surface area contributed by atoms with Gasteiger partial charge in [-0.05, 0) is 25.5 Å². The Morgan fingerprint density at radius 2 is 1.48 bits per heavy atom. The van der Waals surface area contributed by atoms with E-state index >= 15 is 0 Å². The van der Waals surface area contributed by atoms with E-state index in [0.717, 1.165) is 33.5 Å². The second-order valence-electron chi connectivity index (χ2n) is 6.98. The first kappa shape index (κ1) is 19.0. The Hall–Kier alpha value is -3.34. The Morgan fingerprint density at radius 3 is 2.03 bits per heavy atom. The van der Waals surface area contributed by atoms with Crippen molar-refractivity contribution >= 4 is 22.3 Å². The number of halogens is 2. The second kappa shape index (κ2) is 7.95. The van der Waals surface area contributed by atoms with Crippen molar-refractivity contribution in [3.05, 3.63) is 95.2 Å². The normalized spacial score (nSPS) is 11.2. The van der Waals surface area contributed by atoms with Crippen LogP contribution in [-0.2, 0) is 6.54 Å². The summed E-state index contributed by atoms with van der Waals surface area (Å²) in [5.74, 6) is 0. The predicted molar refractivity (Wildman–Crippen MR) is 113 cm³/mol. The Labute approximate surface area is 168 Å². The van der Waals surface area contributed by atoms with E-state index in [0.29, 0.717) is 11.2 Å². The molecule has 4 aromatic rings. The molecule has 0 saturated heterocycles. The van der Waals surface area contributed by atoms with E-state index in [9.17, 15) is 8.78 Å². The maximum Gasteiger partial charge on any atom is 0.257 e. The molecule has 29 heavy (non-hydrogen) atoms. The monoisotopic (exact) mass is 389 g/mol. The molecule has 0 aliphatic carbocycles. The number of rotatable bonds is 5. The van der Waals surface area contributed by atoms with Gasteiger partial charge in [0.25, 0.3) is 6.43 Å². The fraction of sp³-hybridized carbons (Fsp3) is 0.167. The molecule has 5 heteroatoms. The van der Waals surface area contributed by atoms with Gasteiger partial charge in [0, 0.05) is 16.5 Å². The first-order valence-electron chi connectivity index (χ1n) is 9.49. The lowest BCUT2D eigenvalue weighted by Crippen LogP contribution is -2.08. The molecule has 0 bridgehead atoms. The maximum absolute atomic E-state index is 13.2. The molecular weight excluding hydrogens is 368 g/mol. The van der Waals surface area contributed by atoms with Gasteiger partial charge in [-0.3, -0.25) is 4.68 Å². The van der Waals surface area contributed by atoms with Crippen molar-refractivity contribution in [1.82, 2.24) is 9.78 Å². The summed E-state index contributed by atoms with van der Waals surface area (Å²) in [4.78, 5) is 4.96. The number of benzene rings is 3. The van der Waals surface area contributed by atoms with Gasteiger partial charge in [0.1, 0.15) is 6.54 Å². The van der Waals surface area contributed by atoms with Crippen LogP contribution in [0.2, 0.25) is 0 Å². The number of aromatic nitrogens is 2. The highest BCUT2D eigenvalue weighted by molar-refractivity contribution is 6.15. The van der Waals surface area contributed by atoms with Crippen molar-refractivity contribution in [3.63, 3.8) is 0 Å². The molecule has 0 unspecified atom stereocenters. The summed E-state index contributed by atoms with van der Waals surface area (Å²) in [5, 5.41) is 5.25. The first-order valence-corrected chi connectivity index (χ1v) is 9.49. The van der Waals surface area contributed by atoms with Gasteiger partial charge in [-0.2, -0.15) is 5.10 Å². The highest BCUT2D eigenvalue weighted by Gasteiger charge is 2.17. The smallest absolute Gasteiger partial charge is 0.257 e. The van der Waals surface area contributed by atoms with Crippen LogP contribution in [0.15, 0.2) is 77.8 Å². The number of fused-ring (bicyclic) bond motifs is 1. The number of hydrogen-bond acceptors (Lipinski definition) is 2. The number of aliphatic imine (C=N–C) groups is 1. The lowest BCUT2D eigenvalue weighted by molar-refractivity contribution is 0.123. The van der Waals surface area contributed by atoms with Gasteiger partial charge < -0.3 is 0 Å². The molecular formula is C24H21F2N3. The third-order valence-electron chi connectivity index (χ3n) is 4.89. The van der Waals surface area contributed by atoms with Crippen LogP contribution in [0, 0.1) is 13.8 Å². The van der Waals surface area contributed by atoms with Gasteiger partial charge in [0.2, 0.25) is 0 Å².